The van der Waals surface area contributed by atoms with Gasteiger partial charge >= 0.3 is 5.97 Å². The Labute approximate surface area is 155 Å². The monoisotopic (exact) mass is 370 g/mol. The third kappa shape index (κ3) is 4.75. The number of hydrogen-bond donors (Lipinski definition) is 1. The molecule has 0 aliphatic rings. The molecular weight excluding hydrogens is 352 g/mol. The standard InChI is InChI=1S/C19H18N2O6/c1-11-18(13(3)22)12(2)20-19(11)16(23)10-27-17(24)8-7-14-5-4-6-15(9-14)21(25)26/h4-9,20H,10H2,1-3H3/b8-7+. The van der Waals surface area contributed by atoms with Crippen LogP contribution in [0.1, 0.15) is 44.6 Å². The number of rotatable bonds is 7. The Morgan fingerprint density at radius 3 is 2.56 bits per heavy atom. The summed E-state index contributed by atoms with van der Waals surface area (Å²) >= 11 is 0. The molecule has 0 fully saturated rings. The molecule has 1 N–H and O–H groups in total. The van der Waals surface area contributed by atoms with Crippen LogP contribution in [-0.2, 0) is 9.53 Å². The number of hydrogen-bond acceptors (Lipinski definition) is 6. The Balaban J connectivity index is 2.00. The number of aromatic nitrogens is 1. The zero-order valence-electron chi connectivity index (χ0n) is 15.1. The van der Waals surface area contributed by atoms with Gasteiger partial charge in [-0.3, -0.25) is 19.7 Å². The van der Waals surface area contributed by atoms with Crippen molar-refractivity contribution in [3.63, 3.8) is 0 Å². The number of esters is 1. The van der Waals surface area contributed by atoms with E-state index in [1.54, 1.807) is 19.9 Å². The lowest BCUT2D eigenvalue weighted by Gasteiger charge is -2.02. The van der Waals surface area contributed by atoms with Gasteiger partial charge in [0.05, 0.1) is 10.6 Å². The Hall–Kier alpha value is -3.55. The zero-order valence-corrected chi connectivity index (χ0v) is 15.1. The van der Waals surface area contributed by atoms with Crippen LogP contribution >= 0.6 is 0 Å². The highest BCUT2D eigenvalue weighted by Crippen LogP contribution is 2.19. The predicted octanol–water partition coefficient (Wildman–Crippen LogP) is 3.18. The highest BCUT2D eigenvalue weighted by Gasteiger charge is 2.20. The molecule has 0 radical (unpaired) electrons. The summed E-state index contributed by atoms with van der Waals surface area (Å²) in [6.07, 6.45) is 2.44. The number of aryl methyl sites for hydroxylation is 1. The van der Waals surface area contributed by atoms with Crippen molar-refractivity contribution >= 4 is 29.3 Å². The highest BCUT2D eigenvalue weighted by molar-refractivity contribution is 6.04. The van der Waals surface area contributed by atoms with Crippen LogP contribution in [-0.4, -0.2) is 34.0 Å². The molecule has 8 heteroatoms. The molecule has 0 atom stereocenters. The van der Waals surface area contributed by atoms with Crippen LogP contribution in [0.25, 0.3) is 6.08 Å². The van der Waals surface area contributed by atoms with Gasteiger partial charge in [0.25, 0.3) is 5.69 Å². The number of carbonyl (C=O) groups excluding carboxylic acids is 3. The molecule has 1 aromatic heterocycles. The quantitative estimate of drug-likeness (QED) is 0.263. The van der Waals surface area contributed by atoms with Gasteiger partial charge < -0.3 is 9.72 Å². The van der Waals surface area contributed by atoms with Gasteiger partial charge in [0.15, 0.2) is 12.4 Å². The van der Waals surface area contributed by atoms with E-state index in [9.17, 15) is 24.5 Å². The van der Waals surface area contributed by atoms with E-state index >= 15 is 0 Å². The lowest BCUT2D eigenvalue weighted by Crippen LogP contribution is -2.14. The molecule has 0 amide bonds. The SMILES string of the molecule is CC(=O)c1c(C)[nH]c(C(=O)COC(=O)/C=C/c2cccc([N+](=O)[O-])c2)c1C. The summed E-state index contributed by atoms with van der Waals surface area (Å²) in [7, 11) is 0. The maximum absolute atomic E-state index is 12.2. The van der Waals surface area contributed by atoms with E-state index < -0.39 is 23.3 Å². The lowest BCUT2D eigenvalue weighted by molar-refractivity contribution is -0.384. The van der Waals surface area contributed by atoms with Gasteiger partial charge in [0.2, 0.25) is 5.78 Å². The Bertz CT molecular complexity index is 955. The van der Waals surface area contributed by atoms with Gasteiger partial charge in [-0.05, 0) is 38.0 Å². The summed E-state index contributed by atoms with van der Waals surface area (Å²) in [5.41, 5.74) is 2.14. The topological polar surface area (TPSA) is 119 Å². The maximum Gasteiger partial charge on any atom is 0.331 e. The molecule has 2 rings (SSSR count). The first-order valence-electron chi connectivity index (χ1n) is 8.03. The highest BCUT2D eigenvalue weighted by atomic mass is 16.6. The lowest BCUT2D eigenvalue weighted by atomic mass is 10.1. The van der Waals surface area contributed by atoms with Gasteiger partial charge in [-0.1, -0.05) is 12.1 Å². The Kier molecular flexibility index (Phi) is 6.02. The number of carbonyl (C=O) groups is 3. The minimum absolute atomic E-state index is 0.0976. The van der Waals surface area contributed by atoms with E-state index in [1.165, 1.54) is 31.2 Å². The zero-order chi connectivity index (χ0) is 20.1. The van der Waals surface area contributed by atoms with Gasteiger partial charge in [0, 0.05) is 29.5 Å². The molecule has 2 aromatic rings. The number of H-pyrrole nitrogens is 1. The smallest absolute Gasteiger partial charge is 0.331 e. The number of nitro groups is 1. The fraction of sp³-hybridized carbons (Fsp3) is 0.211. The van der Waals surface area contributed by atoms with Crippen molar-refractivity contribution in [2.24, 2.45) is 0 Å². The van der Waals surface area contributed by atoms with Crippen molar-refractivity contribution in [1.29, 1.82) is 0 Å². The third-order valence-corrected chi connectivity index (χ3v) is 3.91. The van der Waals surface area contributed by atoms with E-state index in [0.717, 1.165) is 6.08 Å². The second kappa shape index (κ2) is 8.22. The van der Waals surface area contributed by atoms with Gasteiger partial charge in [-0.2, -0.15) is 0 Å². The largest absolute Gasteiger partial charge is 0.454 e. The fourth-order valence-corrected chi connectivity index (χ4v) is 2.72. The molecule has 0 aliphatic heterocycles. The molecule has 0 unspecified atom stereocenters. The number of ketones is 2. The number of non-ortho nitro benzene ring substituents is 1. The Morgan fingerprint density at radius 2 is 1.96 bits per heavy atom. The first kappa shape index (κ1) is 19.8. The molecule has 1 heterocycles. The molecule has 140 valence electrons. The first-order chi connectivity index (χ1) is 12.7. The van der Waals surface area contributed by atoms with Crippen LogP contribution in [0.15, 0.2) is 30.3 Å². The number of nitrogens with zero attached hydrogens (tertiary/aromatic N) is 1. The minimum Gasteiger partial charge on any atom is -0.454 e. The molecular formula is C19H18N2O6. The summed E-state index contributed by atoms with van der Waals surface area (Å²) in [5, 5.41) is 10.7. The number of benzene rings is 1. The summed E-state index contributed by atoms with van der Waals surface area (Å²) < 4.78 is 4.91. The normalized spacial score (nSPS) is 10.8. The van der Waals surface area contributed by atoms with Crippen molar-refractivity contribution in [3.05, 3.63) is 68.5 Å². The van der Waals surface area contributed by atoms with Crippen LogP contribution in [0.4, 0.5) is 5.69 Å². The molecule has 27 heavy (non-hydrogen) atoms. The summed E-state index contributed by atoms with van der Waals surface area (Å²) in [5.74, 6) is -1.38. The molecule has 0 spiro atoms. The first-order valence-corrected chi connectivity index (χ1v) is 8.03. The van der Waals surface area contributed by atoms with Crippen LogP contribution in [0.3, 0.4) is 0 Å². The maximum atomic E-state index is 12.2. The second-order valence-electron chi connectivity index (χ2n) is 5.90. The molecule has 1 aromatic carbocycles. The molecule has 0 saturated heterocycles. The van der Waals surface area contributed by atoms with Crippen LogP contribution in [0.5, 0.6) is 0 Å². The van der Waals surface area contributed by atoms with E-state index in [1.807, 2.05) is 0 Å². The van der Waals surface area contributed by atoms with Gasteiger partial charge in [0.1, 0.15) is 0 Å². The van der Waals surface area contributed by atoms with Crippen LogP contribution < -0.4 is 0 Å². The summed E-state index contributed by atoms with van der Waals surface area (Å²) in [6.45, 7) is 4.26. The Morgan fingerprint density at radius 1 is 1.26 bits per heavy atom. The van der Waals surface area contributed by atoms with Crippen LogP contribution in [0.2, 0.25) is 0 Å². The predicted molar refractivity (Wildman–Crippen MR) is 97.7 cm³/mol. The molecule has 0 bridgehead atoms. The van der Waals surface area contributed by atoms with E-state index in [2.05, 4.69) is 4.98 Å². The number of ether oxygens (including phenoxy) is 1. The van der Waals surface area contributed by atoms with Crippen molar-refractivity contribution in [3.8, 4) is 0 Å². The minimum atomic E-state index is -0.762. The fourth-order valence-electron chi connectivity index (χ4n) is 2.72. The summed E-state index contributed by atoms with van der Waals surface area (Å²) in [6, 6.07) is 5.74. The van der Waals surface area contributed by atoms with Crippen molar-refractivity contribution in [2.45, 2.75) is 20.8 Å². The number of nitro benzene ring substituents is 1. The number of nitrogens with one attached hydrogen (secondary N) is 1. The van der Waals surface area contributed by atoms with Crippen molar-refractivity contribution in [2.75, 3.05) is 6.61 Å². The van der Waals surface area contributed by atoms with E-state index in [-0.39, 0.29) is 17.2 Å². The van der Waals surface area contributed by atoms with E-state index in [4.69, 9.17) is 4.74 Å². The average molecular weight is 370 g/mol. The number of Topliss-reactive ketones (excluding diaryl/α,β-unsaturated/α-hetero) is 2. The van der Waals surface area contributed by atoms with Crippen LogP contribution in [0, 0.1) is 24.0 Å². The number of aromatic amines is 1. The molecule has 8 nitrogen and oxygen atoms in total. The molecule has 0 saturated carbocycles. The third-order valence-electron chi connectivity index (χ3n) is 3.91. The van der Waals surface area contributed by atoms with E-state index in [0.29, 0.717) is 22.4 Å². The average Bonchev–Trinajstić information content (AvgIpc) is 2.92. The van der Waals surface area contributed by atoms with Gasteiger partial charge in [-0.15, -0.1) is 0 Å². The summed E-state index contributed by atoms with van der Waals surface area (Å²) in [4.78, 5) is 48.7. The molecule has 0 aliphatic carbocycles. The van der Waals surface area contributed by atoms with Crippen molar-refractivity contribution < 1.29 is 24.0 Å². The van der Waals surface area contributed by atoms with Gasteiger partial charge in [-0.25, -0.2) is 4.79 Å². The second-order valence-corrected chi connectivity index (χ2v) is 5.90. The van der Waals surface area contributed by atoms with Crippen molar-refractivity contribution in [1.82, 2.24) is 4.98 Å².